The summed E-state index contributed by atoms with van der Waals surface area (Å²) in [5, 5.41) is 7.95. The SMILES string of the molecule is CC1CC(c2nncn2C)C1.O=c1c2[nH]cnc2c(C2CC2)cn1-c1ccccc1. The molecule has 7 heteroatoms. The second kappa shape index (κ2) is 7.55. The van der Waals surface area contributed by atoms with Crippen LogP contribution in [0.3, 0.4) is 0 Å². The van der Waals surface area contributed by atoms with Gasteiger partial charge in [0, 0.05) is 24.8 Å². The molecular weight excluding hydrogens is 376 g/mol. The Hall–Kier alpha value is -3.22. The summed E-state index contributed by atoms with van der Waals surface area (Å²) in [6, 6.07) is 9.72. The Balaban J connectivity index is 0.000000149. The van der Waals surface area contributed by atoms with Gasteiger partial charge in [0.2, 0.25) is 0 Å². The first-order chi connectivity index (χ1) is 14.6. The topological polar surface area (TPSA) is 81.4 Å². The summed E-state index contributed by atoms with van der Waals surface area (Å²) in [7, 11) is 2.01. The Morgan fingerprint density at radius 2 is 1.87 bits per heavy atom. The van der Waals surface area contributed by atoms with Gasteiger partial charge in [-0.1, -0.05) is 25.1 Å². The number of nitrogens with zero attached hydrogens (tertiary/aromatic N) is 5. The van der Waals surface area contributed by atoms with E-state index in [-0.39, 0.29) is 5.56 Å². The molecule has 0 aliphatic heterocycles. The van der Waals surface area contributed by atoms with Crippen molar-refractivity contribution in [2.45, 2.75) is 44.4 Å². The number of hydrogen-bond acceptors (Lipinski definition) is 4. The number of hydrogen-bond donors (Lipinski definition) is 1. The van der Waals surface area contributed by atoms with E-state index in [0.29, 0.717) is 17.4 Å². The molecule has 0 saturated heterocycles. The van der Waals surface area contributed by atoms with Crippen molar-refractivity contribution in [2.75, 3.05) is 0 Å². The summed E-state index contributed by atoms with van der Waals surface area (Å²) in [5.74, 6) is 3.28. The van der Waals surface area contributed by atoms with Crippen molar-refractivity contribution in [1.29, 1.82) is 0 Å². The molecule has 7 nitrogen and oxygen atoms in total. The van der Waals surface area contributed by atoms with Crippen LogP contribution in [0.15, 0.2) is 54.0 Å². The molecule has 30 heavy (non-hydrogen) atoms. The molecule has 3 heterocycles. The smallest absolute Gasteiger partial charge is 0.281 e. The zero-order valence-corrected chi connectivity index (χ0v) is 17.3. The lowest BCUT2D eigenvalue weighted by atomic mass is 9.76. The third-order valence-electron chi connectivity index (χ3n) is 6.15. The minimum atomic E-state index is -0.0388. The molecule has 1 N–H and O–H groups in total. The minimum absolute atomic E-state index is 0.0388. The second-order valence-corrected chi connectivity index (χ2v) is 8.57. The maximum atomic E-state index is 12.5. The third kappa shape index (κ3) is 3.44. The number of imidazole rings is 1. The fourth-order valence-electron chi connectivity index (χ4n) is 4.30. The highest BCUT2D eigenvalue weighted by molar-refractivity contribution is 5.78. The first kappa shape index (κ1) is 18.8. The van der Waals surface area contributed by atoms with Crippen LogP contribution < -0.4 is 5.56 Å². The predicted molar refractivity (Wildman–Crippen MR) is 116 cm³/mol. The lowest BCUT2D eigenvalue weighted by molar-refractivity contribution is 0.273. The molecule has 154 valence electrons. The van der Waals surface area contributed by atoms with Gasteiger partial charge in [0.25, 0.3) is 5.56 Å². The quantitative estimate of drug-likeness (QED) is 0.563. The van der Waals surface area contributed by atoms with Crippen molar-refractivity contribution in [2.24, 2.45) is 13.0 Å². The Kier molecular flexibility index (Phi) is 4.73. The van der Waals surface area contributed by atoms with Gasteiger partial charge in [-0.05, 0) is 55.2 Å². The molecule has 0 amide bonds. The zero-order valence-electron chi connectivity index (χ0n) is 17.3. The number of pyridine rings is 1. The van der Waals surface area contributed by atoms with E-state index >= 15 is 0 Å². The molecule has 0 radical (unpaired) electrons. The van der Waals surface area contributed by atoms with E-state index in [4.69, 9.17) is 0 Å². The molecule has 4 aromatic rings. The van der Waals surface area contributed by atoms with Gasteiger partial charge in [0.1, 0.15) is 17.7 Å². The van der Waals surface area contributed by atoms with Gasteiger partial charge in [0.15, 0.2) is 0 Å². The molecule has 6 rings (SSSR count). The van der Waals surface area contributed by atoms with Crippen LogP contribution in [-0.2, 0) is 7.05 Å². The molecule has 2 aliphatic carbocycles. The first-order valence-corrected chi connectivity index (χ1v) is 10.6. The average Bonchev–Trinajstić information content (AvgIpc) is 3.30. The fraction of sp³-hybridized carbons (Fsp3) is 0.391. The lowest BCUT2D eigenvalue weighted by Gasteiger charge is -2.31. The van der Waals surface area contributed by atoms with Gasteiger partial charge < -0.3 is 9.55 Å². The lowest BCUT2D eigenvalue weighted by Crippen LogP contribution is -2.21. The number of rotatable bonds is 3. The average molecular weight is 403 g/mol. The van der Waals surface area contributed by atoms with Crippen molar-refractivity contribution in [3.63, 3.8) is 0 Å². The summed E-state index contributed by atoms with van der Waals surface area (Å²) >= 11 is 0. The van der Waals surface area contributed by atoms with Crippen LogP contribution in [0.25, 0.3) is 16.7 Å². The Labute approximate surface area is 174 Å². The number of aromatic nitrogens is 6. The number of fused-ring (bicyclic) bond motifs is 1. The monoisotopic (exact) mass is 402 g/mol. The van der Waals surface area contributed by atoms with E-state index in [1.807, 2.05) is 48.1 Å². The van der Waals surface area contributed by atoms with Gasteiger partial charge in [-0.15, -0.1) is 10.2 Å². The fourth-order valence-corrected chi connectivity index (χ4v) is 4.30. The van der Waals surface area contributed by atoms with Gasteiger partial charge in [-0.3, -0.25) is 9.36 Å². The van der Waals surface area contributed by atoms with Crippen molar-refractivity contribution in [1.82, 2.24) is 29.3 Å². The standard InChI is InChI=1S/C15H13N3O.C8H13N3/c19-15-14-13(16-9-17-14)12(10-6-7-10)8-18(15)11-4-2-1-3-5-11;1-6-3-7(4-6)8-10-9-5-11(8)2/h1-5,8-10H,6-7H2,(H,16,17);5-7H,3-4H2,1-2H3. The van der Waals surface area contributed by atoms with Crippen molar-refractivity contribution >= 4 is 11.0 Å². The second-order valence-electron chi connectivity index (χ2n) is 8.57. The van der Waals surface area contributed by atoms with Crippen LogP contribution >= 0.6 is 0 Å². The Bertz CT molecular complexity index is 1210. The number of benzene rings is 1. The first-order valence-electron chi connectivity index (χ1n) is 10.6. The van der Waals surface area contributed by atoms with E-state index in [1.165, 1.54) is 31.2 Å². The molecule has 2 saturated carbocycles. The van der Waals surface area contributed by atoms with Crippen LogP contribution in [0, 0.1) is 5.92 Å². The third-order valence-corrected chi connectivity index (χ3v) is 6.15. The normalized spacial score (nSPS) is 20.5. The predicted octanol–water partition coefficient (Wildman–Crippen LogP) is 3.92. The zero-order chi connectivity index (χ0) is 20.7. The van der Waals surface area contributed by atoms with E-state index in [1.54, 1.807) is 17.2 Å². The van der Waals surface area contributed by atoms with E-state index in [9.17, 15) is 4.79 Å². The molecule has 3 aromatic heterocycles. The van der Waals surface area contributed by atoms with Crippen molar-refractivity contribution in [3.05, 3.63) is 70.9 Å². The number of para-hydroxylation sites is 1. The molecule has 2 aliphatic rings. The van der Waals surface area contributed by atoms with E-state index in [0.717, 1.165) is 22.9 Å². The van der Waals surface area contributed by atoms with Gasteiger partial charge in [0.05, 0.1) is 11.8 Å². The largest absolute Gasteiger partial charge is 0.340 e. The maximum absolute atomic E-state index is 12.5. The van der Waals surface area contributed by atoms with Gasteiger partial charge in [-0.25, -0.2) is 4.98 Å². The van der Waals surface area contributed by atoms with E-state index in [2.05, 4.69) is 27.1 Å². The van der Waals surface area contributed by atoms with Crippen LogP contribution in [-0.4, -0.2) is 29.3 Å². The summed E-state index contributed by atoms with van der Waals surface area (Å²) in [5.41, 5.74) is 3.47. The van der Waals surface area contributed by atoms with Crippen molar-refractivity contribution < 1.29 is 0 Å². The Morgan fingerprint density at radius 3 is 2.50 bits per heavy atom. The van der Waals surface area contributed by atoms with Crippen LogP contribution in [0.1, 0.15) is 55.8 Å². The highest BCUT2D eigenvalue weighted by atomic mass is 16.1. The molecule has 2 fully saturated rings. The maximum Gasteiger partial charge on any atom is 0.281 e. The molecule has 0 bridgehead atoms. The number of nitrogens with one attached hydrogen (secondary N) is 1. The molecular formula is C23H26N6O. The number of H-pyrrole nitrogens is 1. The molecule has 1 aromatic carbocycles. The molecule has 0 atom stereocenters. The van der Waals surface area contributed by atoms with Crippen LogP contribution in [0.2, 0.25) is 0 Å². The Morgan fingerprint density at radius 1 is 1.10 bits per heavy atom. The number of aryl methyl sites for hydroxylation is 1. The van der Waals surface area contributed by atoms with Gasteiger partial charge in [-0.2, -0.15) is 0 Å². The summed E-state index contributed by atoms with van der Waals surface area (Å²) in [4.78, 5) is 19.8. The molecule has 0 spiro atoms. The van der Waals surface area contributed by atoms with Crippen LogP contribution in [0.5, 0.6) is 0 Å². The molecule has 0 unspecified atom stereocenters. The summed E-state index contributed by atoms with van der Waals surface area (Å²) < 4.78 is 3.74. The highest BCUT2D eigenvalue weighted by Crippen LogP contribution is 2.42. The highest BCUT2D eigenvalue weighted by Gasteiger charge is 2.30. The van der Waals surface area contributed by atoms with Crippen molar-refractivity contribution in [3.8, 4) is 5.69 Å². The van der Waals surface area contributed by atoms with Gasteiger partial charge >= 0.3 is 0 Å². The van der Waals surface area contributed by atoms with Crippen LogP contribution in [0.4, 0.5) is 0 Å². The summed E-state index contributed by atoms with van der Waals surface area (Å²) in [6.45, 7) is 2.28. The summed E-state index contributed by atoms with van der Waals surface area (Å²) in [6.07, 6.45) is 10.3. The number of aromatic amines is 1. The minimum Gasteiger partial charge on any atom is -0.340 e. The van der Waals surface area contributed by atoms with E-state index < -0.39 is 0 Å².